The van der Waals surface area contributed by atoms with Gasteiger partial charge in [0.15, 0.2) is 0 Å². The number of nitrogens with one attached hydrogen (secondary N) is 2. The Kier molecular flexibility index (Phi) is 17.2. The van der Waals surface area contributed by atoms with Gasteiger partial charge in [-0.15, -0.1) is 0 Å². The van der Waals surface area contributed by atoms with E-state index in [0.29, 0.717) is 75.4 Å². The number of hydrogen-bond acceptors (Lipinski definition) is 13. The van der Waals surface area contributed by atoms with Gasteiger partial charge < -0.3 is 44.6 Å². The van der Waals surface area contributed by atoms with Crippen molar-refractivity contribution in [3.8, 4) is 40.0 Å². The van der Waals surface area contributed by atoms with Gasteiger partial charge in [0, 0.05) is 98.6 Å². The summed E-state index contributed by atoms with van der Waals surface area (Å²) in [6, 6.07) is 18.0. The lowest BCUT2D eigenvalue weighted by Gasteiger charge is -2.37. The third-order valence-corrected chi connectivity index (χ3v) is 15.8. The normalized spacial score (nSPS) is 21.8. The largest absolute Gasteiger partial charge is 0.508 e. The minimum atomic E-state index is -1.19. The zero-order valence-electron chi connectivity index (χ0n) is 46.4. The molecule has 3 saturated heterocycles. The SMILES string of the molecule is CCn1c(-c2cc(C#CCN3CCOCC3)cnc2[C@H](C)OC)c2c3cc(ccc31)-c1cc(O)cc(c1)C[C@H](NC(=O)[C@H](C(C)C)N(C)C(=O)[C@@H]1OCC[C@@H]1c1ccc(N)cc1)C(=O)N1CCC[C@H](N1)C(=O)OCC(C)(C)C2. The van der Waals surface area contributed by atoms with Gasteiger partial charge in [0.05, 0.1) is 43.9 Å². The zero-order chi connectivity index (χ0) is 55.4. The Morgan fingerprint density at radius 2 is 1.77 bits per heavy atom. The molecule has 5 N–H and O–H groups in total. The third-order valence-electron chi connectivity index (χ3n) is 15.8. The van der Waals surface area contributed by atoms with Crippen LogP contribution in [0, 0.1) is 23.2 Å². The molecule has 2 aromatic heterocycles. The van der Waals surface area contributed by atoms with Gasteiger partial charge in [-0.25, -0.2) is 5.43 Å². The van der Waals surface area contributed by atoms with E-state index in [0.717, 1.165) is 63.2 Å². The number of aromatic nitrogens is 2. The number of nitrogens with two attached hydrogens (primary N) is 1. The predicted molar refractivity (Wildman–Crippen MR) is 299 cm³/mol. The van der Waals surface area contributed by atoms with Crippen molar-refractivity contribution in [2.24, 2.45) is 11.3 Å². The monoisotopic (exact) mass is 1060 g/mol. The Bertz CT molecular complexity index is 3080. The summed E-state index contributed by atoms with van der Waals surface area (Å²) in [6.07, 6.45) is 2.65. The van der Waals surface area contributed by atoms with Crippen LogP contribution in [0.25, 0.3) is 33.3 Å². The summed E-state index contributed by atoms with van der Waals surface area (Å²) in [5.74, 6) is 4.30. The highest BCUT2D eigenvalue weighted by Gasteiger charge is 2.42. The van der Waals surface area contributed by atoms with Gasteiger partial charge in [-0.1, -0.05) is 63.8 Å². The number of ether oxygens (including phenoxy) is 4. The molecule has 9 rings (SSSR count). The van der Waals surface area contributed by atoms with E-state index in [9.17, 15) is 24.3 Å². The van der Waals surface area contributed by atoms with E-state index < -0.39 is 47.4 Å². The molecule has 5 aromatic rings. The van der Waals surface area contributed by atoms with Crippen molar-refractivity contribution in [3.05, 3.63) is 101 Å². The summed E-state index contributed by atoms with van der Waals surface area (Å²) in [5.41, 5.74) is 17.6. The molecule has 0 unspecified atom stereocenters. The van der Waals surface area contributed by atoms with E-state index in [1.165, 1.54) is 9.91 Å². The van der Waals surface area contributed by atoms with Crippen LogP contribution in [-0.4, -0.2) is 144 Å². The fourth-order valence-corrected chi connectivity index (χ4v) is 11.6. The number of phenolic OH excluding ortho intramolecular Hbond substituents is 1. The van der Waals surface area contributed by atoms with E-state index in [2.05, 4.69) is 71.0 Å². The van der Waals surface area contributed by atoms with Gasteiger partial charge in [-0.2, -0.15) is 0 Å². The number of carbonyl (C=O) groups excluding carboxylic acids is 4. The maximum atomic E-state index is 14.9. The van der Waals surface area contributed by atoms with Crippen molar-refractivity contribution in [2.45, 2.75) is 116 Å². The van der Waals surface area contributed by atoms with Crippen molar-refractivity contribution < 1.29 is 43.2 Å². The topological polar surface area (TPSA) is 203 Å². The lowest BCUT2D eigenvalue weighted by Crippen LogP contribution is -2.62. The molecular formula is C61H76N8O9. The van der Waals surface area contributed by atoms with Gasteiger partial charge in [0.25, 0.3) is 11.8 Å². The average Bonchev–Trinajstić information content (AvgIpc) is 4.20. The fraction of sp³-hybridized carbons (Fsp3) is 0.492. The molecule has 17 heteroatoms. The Labute approximate surface area is 458 Å². The molecule has 0 radical (unpaired) electrons. The molecule has 3 fully saturated rings. The first-order chi connectivity index (χ1) is 37.4. The standard InChI is InChI=1S/C61H76N8O9/c1-9-68-52-19-16-42-33-47(52)49(55(68)48-30-39(35-63-53(48)38(4)75-8)12-10-21-67-23-26-76-27-24-67)34-61(5,6)36-78-60(74)50-13-11-22-69(65-50)58(72)51(31-40-28-43(42)32-45(70)29-40)64-57(71)54(37(2)3)66(7)59(73)56-46(20-25-77-56)41-14-17-44(62)18-15-41/h14-19,28-30,32-33,35,37-38,46,50-51,54,56,65,70H,9,11,13,20-27,31,34,36,62H2,1-8H3,(H,64,71)/t38-,46+,50-,51-,54-,56+/m0/s1. The number of hydrazine groups is 1. The summed E-state index contributed by atoms with van der Waals surface area (Å²) in [4.78, 5) is 67.1. The number of fused-ring (bicyclic) bond motifs is 6. The van der Waals surface area contributed by atoms with Gasteiger partial charge in [-0.05, 0) is 116 Å². The Balaban J connectivity index is 1.11. The smallest absolute Gasteiger partial charge is 0.324 e. The number of anilines is 1. The van der Waals surface area contributed by atoms with Crippen LogP contribution < -0.4 is 16.5 Å². The van der Waals surface area contributed by atoms with Crippen molar-refractivity contribution >= 4 is 40.3 Å². The highest BCUT2D eigenvalue weighted by Crippen LogP contribution is 2.43. The second-order valence-electron chi connectivity index (χ2n) is 22.4. The van der Waals surface area contributed by atoms with Crippen LogP contribution in [0.2, 0.25) is 0 Å². The first-order valence-electron chi connectivity index (χ1n) is 27.5. The van der Waals surface area contributed by atoms with Crippen molar-refractivity contribution in [1.29, 1.82) is 0 Å². The van der Waals surface area contributed by atoms with E-state index in [4.69, 9.17) is 29.7 Å². The van der Waals surface area contributed by atoms with Crippen molar-refractivity contribution in [3.63, 3.8) is 0 Å². The van der Waals surface area contributed by atoms with Crippen LogP contribution >= 0.6 is 0 Å². The number of likely N-dealkylation sites (N-methyl/N-ethyl adjacent to an activating group) is 1. The lowest BCUT2D eigenvalue weighted by molar-refractivity contribution is -0.155. The molecule has 3 amide bonds. The van der Waals surface area contributed by atoms with Crippen LogP contribution in [0.1, 0.15) is 101 Å². The molecule has 414 valence electrons. The predicted octanol–water partition coefficient (Wildman–Crippen LogP) is 6.77. The number of aryl methyl sites for hydroxylation is 1. The molecule has 6 heterocycles. The van der Waals surface area contributed by atoms with Gasteiger partial charge >= 0.3 is 5.97 Å². The van der Waals surface area contributed by atoms with Crippen molar-refractivity contribution in [2.75, 3.05) is 72.5 Å². The van der Waals surface area contributed by atoms with E-state index in [-0.39, 0.29) is 49.2 Å². The molecule has 17 nitrogen and oxygen atoms in total. The number of morpholine rings is 1. The number of hydrogen-bond donors (Lipinski definition) is 4. The van der Waals surface area contributed by atoms with Crippen molar-refractivity contribution in [1.82, 2.24) is 35.1 Å². The number of nitrogen functional groups attached to an aromatic ring is 1. The molecule has 78 heavy (non-hydrogen) atoms. The summed E-state index contributed by atoms with van der Waals surface area (Å²) < 4.78 is 26.1. The van der Waals surface area contributed by atoms with Crippen LogP contribution in [0.5, 0.6) is 5.75 Å². The molecule has 0 aliphatic carbocycles. The van der Waals surface area contributed by atoms with Crippen LogP contribution in [0.3, 0.4) is 0 Å². The Morgan fingerprint density at radius 3 is 2.50 bits per heavy atom. The molecule has 4 aliphatic heterocycles. The van der Waals surface area contributed by atoms with Crippen LogP contribution in [-0.2, 0) is 57.5 Å². The number of amides is 3. The summed E-state index contributed by atoms with van der Waals surface area (Å²) in [7, 11) is 3.28. The van der Waals surface area contributed by atoms with Gasteiger partial charge in [0.2, 0.25) is 5.91 Å². The number of benzene rings is 3. The van der Waals surface area contributed by atoms with E-state index in [1.54, 1.807) is 38.4 Å². The van der Waals surface area contributed by atoms with E-state index >= 15 is 0 Å². The molecule has 6 bridgehead atoms. The zero-order valence-corrected chi connectivity index (χ0v) is 46.4. The molecule has 3 aromatic carbocycles. The Hall–Kier alpha value is -6.81. The number of cyclic esters (lactones) is 1. The van der Waals surface area contributed by atoms with Gasteiger partial charge in [0.1, 0.15) is 30.0 Å². The molecule has 4 aliphatic rings. The summed E-state index contributed by atoms with van der Waals surface area (Å²) >= 11 is 0. The minimum absolute atomic E-state index is 0.0185. The molecule has 6 atom stereocenters. The van der Waals surface area contributed by atoms with E-state index in [1.807, 2.05) is 51.2 Å². The number of esters is 1. The highest BCUT2D eigenvalue weighted by atomic mass is 16.5. The summed E-state index contributed by atoms with van der Waals surface area (Å²) in [5, 5.41) is 16.9. The lowest BCUT2D eigenvalue weighted by atomic mass is 9.84. The maximum Gasteiger partial charge on any atom is 0.324 e. The second kappa shape index (κ2) is 24.1. The fourth-order valence-electron chi connectivity index (χ4n) is 11.6. The number of phenols is 1. The quantitative estimate of drug-likeness (QED) is 0.0614. The summed E-state index contributed by atoms with van der Waals surface area (Å²) in [6.45, 7) is 17.0. The third kappa shape index (κ3) is 12.2. The maximum absolute atomic E-state index is 14.9. The first kappa shape index (κ1) is 55.9. The van der Waals surface area contributed by atoms with Crippen LogP contribution in [0.4, 0.5) is 5.69 Å². The number of aromatic hydroxyl groups is 1. The number of nitrogens with zero attached hydrogens (tertiary/aromatic N) is 5. The number of pyridine rings is 1. The second-order valence-corrected chi connectivity index (χ2v) is 22.4. The molecule has 0 spiro atoms. The molecular weight excluding hydrogens is 989 g/mol. The molecule has 0 saturated carbocycles. The highest BCUT2D eigenvalue weighted by molar-refractivity contribution is 5.96. The van der Waals surface area contributed by atoms with Crippen LogP contribution in [0.15, 0.2) is 72.9 Å². The van der Waals surface area contributed by atoms with Gasteiger partial charge in [-0.3, -0.25) is 34.1 Å². The number of methoxy groups -OCH3 is 1. The Morgan fingerprint density at radius 1 is 1.00 bits per heavy atom. The first-order valence-corrected chi connectivity index (χ1v) is 27.5. The minimum Gasteiger partial charge on any atom is -0.508 e. The number of carbonyl (C=O) groups is 4. The number of rotatable bonds is 11. The average molecular weight is 1070 g/mol.